The quantitative estimate of drug-likeness (QED) is 0.646. The molecule has 1 heterocycles. The van der Waals surface area contributed by atoms with E-state index in [1.54, 1.807) is 6.07 Å². The maximum absolute atomic E-state index is 13.5. The van der Waals surface area contributed by atoms with Crippen LogP contribution in [0.5, 0.6) is 0 Å². The Bertz CT molecular complexity index is 487. The zero-order chi connectivity index (χ0) is 12.8. The van der Waals surface area contributed by atoms with Crippen LogP contribution in [-0.4, -0.2) is 4.98 Å². The molecule has 1 aromatic heterocycles. The summed E-state index contributed by atoms with van der Waals surface area (Å²) in [6.07, 6.45) is 10.8. The minimum atomic E-state index is -0.151. The van der Waals surface area contributed by atoms with Gasteiger partial charge >= 0.3 is 0 Å². The summed E-state index contributed by atoms with van der Waals surface area (Å²) in [5.74, 6) is -0.151. The first-order valence-corrected chi connectivity index (χ1v) is 7.07. The van der Waals surface area contributed by atoms with Gasteiger partial charge in [0.2, 0.25) is 0 Å². The van der Waals surface area contributed by atoms with Gasteiger partial charge < -0.3 is 4.98 Å². The molecular formula is C16H22FN. The molecule has 98 valence electrons. The highest BCUT2D eigenvalue weighted by Gasteiger charge is 2.06. The third-order valence-electron chi connectivity index (χ3n) is 3.55. The number of H-pyrrole nitrogens is 1. The molecule has 1 aromatic carbocycles. The highest BCUT2D eigenvalue weighted by molar-refractivity contribution is 5.83. The van der Waals surface area contributed by atoms with Gasteiger partial charge in [0.15, 0.2) is 0 Å². The molecule has 2 heteroatoms. The lowest BCUT2D eigenvalue weighted by Gasteiger charge is -2.01. The molecule has 0 aliphatic rings. The number of hydrogen-bond acceptors (Lipinski definition) is 0. The average molecular weight is 247 g/mol. The van der Waals surface area contributed by atoms with Crippen LogP contribution in [0.3, 0.4) is 0 Å². The number of para-hydroxylation sites is 1. The van der Waals surface area contributed by atoms with Crippen molar-refractivity contribution >= 4 is 10.9 Å². The number of aryl methyl sites for hydroxylation is 1. The van der Waals surface area contributed by atoms with Gasteiger partial charge in [-0.3, -0.25) is 0 Å². The first-order chi connectivity index (χ1) is 8.83. The Morgan fingerprint density at radius 2 is 1.83 bits per heavy atom. The third-order valence-corrected chi connectivity index (χ3v) is 3.55. The molecule has 0 bridgehead atoms. The van der Waals surface area contributed by atoms with E-state index in [2.05, 4.69) is 11.9 Å². The van der Waals surface area contributed by atoms with Crippen LogP contribution in [0.1, 0.15) is 51.0 Å². The third kappa shape index (κ3) is 3.12. The van der Waals surface area contributed by atoms with Crippen molar-refractivity contribution in [2.24, 2.45) is 0 Å². The molecule has 0 saturated carbocycles. The van der Waals surface area contributed by atoms with Gasteiger partial charge in [-0.05, 0) is 24.5 Å². The van der Waals surface area contributed by atoms with Crippen molar-refractivity contribution in [1.29, 1.82) is 0 Å². The Balaban J connectivity index is 1.86. The largest absolute Gasteiger partial charge is 0.359 e. The lowest BCUT2D eigenvalue weighted by atomic mass is 10.0. The van der Waals surface area contributed by atoms with Gasteiger partial charge in [0.25, 0.3) is 0 Å². The highest BCUT2D eigenvalue weighted by atomic mass is 19.1. The molecule has 0 aliphatic carbocycles. The summed E-state index contributed by atoms with van der Waals surface area (Å²) >= 11 is 0. The number of hydrogen-bond donors (Lipinski definition) is 1. The maximum atomic E-state index is 13.5. The highest BCUT2D eigenvalue weighted by Crippen LogP contribution is 2.22. The minimum absolute atomic E-state index is 0.151. The first kappa shape index (κ1) is 13.1. The molecule has 1 N–H and O–H groups in total. The van der Waals surface area contributed by atoms with Gasteiger partial charge in [0.05, 0.1) is 5.52 Å². The second kappa shape index (κ2) is 6.58. The topological polar surface area (TPSA) is 15.8 Å². The van der Waals surface area contributed by atoms with E-state index in [-0.39, 0.29) is 5.82 Å². The lowest BCUT2D eigenvalue weighted by molar-refractivity contribution is 0.608. The van der Waals surface area contributed by atoms with Crippen LogP contribution < -0.4 is 0 Å². The van der Waals surface area contributed by atoms with Crippen molar-refractivity contribution < 1.29 is 4.39 Å². The molecule has 0 atom stereocenters. The number of aromatic amines is 1. The Labute approximate surface area is 108 Å². The summed E-state index contributed by atoms with van der Waals surface area (Å²) in [6.45, 7) is 2.24. The van der Waals surface area contributed by atoms with Crippen molar-refractivity contribution in [1.82, 2.24) is 4.98 Å². The molecular weight excluding hydrogens is 225 g/mol. The molecule has 0 spiro atoms. The van der Waals surface area contributed by atoms with Crippen molar-refractivity contribution in [2.75, 3.05) is 0 Å². The van der Waals surface area contributed by atoms with Gasteiger partial charge in [-0.25, -0.2) is 4.39 Å². The van der Waals surface area contributed by atoms with Crippen LogP contribution >= 0.6 is 0 Å². The van der Waals surface area contributed by atoms with E-state index < -0.39 is 0 Å². The first-order valence-electron chi connectivity index (χ1n) is 7.07. The second-order valence-corrected chi connectivity index (χ2v) is 4.99. The van der Waals surface area contributed by atoms with Crippen LogP contribution in [0.15, 0.2) is 24.4 Å². The number of benzene rings is 1. The summed E-state index contributed by atoms with van der Waals surface area (Å²) in [5.41, 5.74) is 1.90. The van der Waals surface area contributed by atoms with E-state index >= 15 is 0 Å². The Morgan fingerprint density at radius 3 is 2.67 bits per heavy atom. The molecule has 2 rings (SSSR count). The molecule has 0 aliphatic heterocycles. The summed E-state index contributed by atoms with van der Waals surface area (Å²) in [4.78, 5) is 3.04. The van der Waals surface area contributed by atoms with Gasteiger partial charge in [0, 0.05) is 11.6 Å². The average Bonchev–Trinajstić information content (AvgIpc) is 2.79. The number of unbranched alkanes of at least 4 members (excludes halogenated alkanes) is 5. The molecule has 0 unspecified atom stereocenters. The molecule has 1 nitrogen and oxygen atoms in total. The monoisotopic (exact) mass is 247 g/mol. The van der Waals surface area contributed by atoms with Crippen LogP contribution in [0.2, 0.25) is 0 Å². The fourth-order valence-electron chi connectivity index (χ4n) is 2.48. The van der Waals surface area contributed by atoms with Crippen LogP contribution in [0, 0.1) is 5.82 Å². The number of nitrogens with one attached hydrogen (secondary N) is 1. The van der Waals surface area contributed by atoms with E-state index in [0.29, 0.717) is 5.52 Å². The summed E-state index contributed by atoms with van der Waals surface area (Å²) in [5, 5.41) is 1.04. The van der Waals surface area contributed by atoms with E-state index in [1.807, 2.05) is 12.3 Å². The van der Waals surface area contributed by atoms with Gasteiger partial charge in [-0.15, -0.1) is 0 Å². The van der Waals surface area contributed by atoms with E-state index in [9.17, 15) is 4.39 Å². The van der Waals surface area contributed by atoms with Crippen LogP contribution in [0.4, 0.5) is 4.39 Å². The number of halogens is 1. The lowest BCUT2D eigenvalue weighted by Crippen LogP contribution is -1.85. The smallest absolute Gasteiger partial charge is 0.147 e. The van der Waals surface area contributed by atoms with Crippen LogP contribution in [-0.2, 0) is 6.42 Å². The van der Waals surface area contributed by atoms with Gasteiger partial charge in [-0.2, -0.15) is 0 Å². The summed E-state index contributed by atoms with van der Waals surface area (Å²) < 4.78 is 13.5. The number of fused-ring (bicyclic) bond motifs is 1. The van der Waals surface area contributed by atoms with Crippen molar-refractivity contribution in [3.8, 4) is 0 Å². The Hall–Kier alpha value is -1.31. The van der Waals surface area contributed by atoms with Crippen molar-refractivity contribution in [3.05, 3.63) is 35.8 Å². The normalized spacial score (nSPS) is 11.2. The molecule has 0 radical (unpaired) electrons. The van der Waals surface area contributed by atoms with Gasteiger partial charge in [0.1, 0.15) is 5.82 Å². The second-order valence-electron chi connectivity index (χ2n) is 4.99. The minimum Gasteiger partial charge on any atom is -0.359 e. The van der Waals surface area contributed by atoms with E-state index in [0.717, 1.165) is 11.8 Å². The SMILES string of the molecule is CCCCCCCCc1c[nH]c2c(F)cccc12. The summed E-state index contributed by atoms with van der Waals surface area (Å²) in [6, 6.07) is 5.30. The zero-order valence-corrected chi connectivity index (χ0v) is 11.1. The standard InChI is InChI=1S/C16H22FN/c1-2-3-4-5-6-7-9-13-12-18-16-14(13)10-8-11-15(16)17/h8,10-12,18H,2-7,9H2,1H3. The molecule has 2 aromatic rings. The zero-order valence-electron chi connectivity index (χ0n) is 11.1. The fraction of sp³-hybridized carbons (Fsp3) is 0.500. The molecule has 0 fully saturated rings. The predicted molar refractivity (Wildman–Crippen MR) is 75.3 cm³/mol. The molecule has 18 heavy (non-hydrogen) atoms. The van der Waals surface area contributed by atoms with Crippen molar-refractivity contribution in [2.45, 2.75) is 51.9 Å². The van der Waals surface area contributed by atoms with Crippen molar-refractivity contribution in [3.63, 3.8) is 0 Å². The Kier molecular flexibility index (Phi) is 4.80. The fourth-order valence-corrected chi connectivity index (χ4v) is 2.48. The van der Waals surface area contributed by atoms with Gasteiger partial charge in [-0.1, -0.05) is 51.2 Å². The van der Waals surface area contributed by atoms with E-state index in [4.69, 9.17) is 0 Å². The number of rotatable bonds is 7. The molecule has 0 saturated heterocycles. The number of aromatic nitrogens is 1. The van der Waals surface area contributed by atoms with Crippen LogP contribution in [0.25, 0.3) is 10.9 Å². The summed E-state index contributed by atoms with van der Waals surface area (Å²) in [7, 11) is 0. The molecule has 0 amide bonds. The van der Waals surface area contributed by atoms with E-state index in [1.165, 1.54) is 50.2 Å². The predicted octanol–water partition coefficient (Wildman–Crippen LogP) is 5.21. The Morgan fingerprint density at radius 1 is 1.06 bits per heavy atom. The maximum Gasteiger partial charge on any atom is 0.147 e.